The molecule has 3 nitrogen and oxygen atoms in total. The Bertz CT molecular complexity index is 495. The fourth-order valence-electron chi connectivity index (χ4n) is 3.12. The standard InChI is InChI=1S/C19H29FN2O/c1-14-8-10-22(11-9-14)16(3)13-21-19(23)12-15(2)17-4-6-18(20)7-5-17/h4-7,14-16H,8-13H2,1-3H3,(H,21,23). The van der Waals surface area contributed by atoms with Crippen LogP contribution in [0.4, 0.5) is 4.39 Å². The van der Waals surface area contributed by atoms with Crippen molar-refractivity contribution in [2.45, 2.75) is 52.0 Å². The minimum absolute atomic E-state index is 0.0686. The molecule has 1 saturated heterocycles. The summed E-state index contributed by atoms with van der Waals surface area (Å²) in [5.74, 6) is 0.750. The lowest BCUT2D eigenvalue weighted by Gasteiger charge is -2.35. The molecule has 1 N–H and O–H groups in total. The van der Waals surface area contributed by atoms with Crippen molar-refractivity contribution in [2.24, 2.45) is 5.92 Å². The average molecular weight is 320 g/mol. The molecule has 2 rings (SSSR count). The van der Waals surface area contributed by atoms with Crippen molar-refractivity contribution in [3.05, 3.63) is 35.6 Å². The van der Waals surface area contributed by atoms with E-state index in [1.54, 1.807) is 12.1 Å². The van der Waals surface area contributed by atoms with E-state index in [0.29, 0.717) is 19.0 Å². The van der Waals surface area contributed by atoms with Crippen molar-refractivity contribution in [1.29, 1.82) is 0 Å². The van der Waals surface area contributed by atoms with E-state index in [2.05, 4.69) is 24.1 Å². The second-order valence-electron chi connectivity index (χ2n) is 7.03. The fourth-order valence-corrected chi connectivity index (χ4v) is 3.12. The Morgan fingerprint density at radius 1 is 1.26 bits per heavy atom. The summed E-state index contributed by atoms with van der Waals surface area (Å²) in [7, 11) is 0. The van der Waals surface area contributed by atoms with E-state index in [4.69, 9.17) is 0 Å². The molecule has 1 heterocycles. The van der Waals surface area contributed by atoms with Crippen LogP contribution >= 0.6 is 0 Å². The minimum Gasteiger partial charge on any atom is -0.355 e. The second-order valence-corrected chi connectivity index (χ2v) is 7.03. The Morgan fingerprint density at radius 3 is 2.48 bits per heavy atom. The van der Waals surface area contributed by atoms with E-state index in [0.717, 1.165) is 24.6 Å². The summed E-state index contributed by atoms with van der Waals surface area (Å²) >= 11 is 0. The van der Waals surface area contributed by atoms with Crippen LogP contribution < -0.4 is 5.32 Å². The summed E-state index contributed by atoms with van der Waals surface area (Å²) in [6.07, 6.45) is 2.94. The lowest BCUT2D eigenvalue weighted by molar-refractivity contribution is -0.121. The number of rotatable bonds is 6. The lowest BCUT2D eigenvalue weighted by atomic mass is 9.97. The average Bonchev–Trinajstić information content (AvgIpc) is 2.54. The number of amides is 1. The van der Waals surface area contributed by atoms with E-state index < -0.39 is 0 Å². The van der Waals surface area contributed by atoms with E-state index in [1.165, 1.54) is 25.0 Å². The van der Waals surface area contributed by atoms with Gasteiger partial charge in [-0.15, -0.1) is 0 Å². The highest BCUT2D eigenvalue weighted by Gasteiger charge is 2.20. The Labute approximate surface area is 139 Å². The van der Waals surface area contributed by atoms with E-state index in [1.807, 2.05) is 6.92 Å². The Hall–Kier alpha value is -1.42. The van der Waals surface area contributed by atoms with Crippen molar-refractivity contribution < 1.29 is 9.18 Å². The molecule has 1 aromatic rings. The third-order valence-corrected chi connectivity index (χ3v) is 4.97. The Kier molecular flexibility index (Phi) is 6.58. The zero-order valence-electron chi connectivity index (χ0n) is 14.5. The monoisotopic (exact) mass is 320 g/mol. The van der Waals surface area contributed by atoms with Crippen LogP contribution in [0.1, 0.15) is 51.5 Å². The van der Waals surface area contributed by atoms with Crippen LogP contribution in [-0.4, -0.2) is 36.5 Å². The van der Waals surface area contributed by atoms with Crippen molar-refractivity contribution in [2.75, 3.05) is 19.6 Å². The number of hydrogen-bond acceptors (Lipinski definition) is 2. The molecule has 0 saturated carbocycles. The zero-order chi connectivity index (χ0) is 16.8. The van der Waals surface area contributed by atoms with Crippen LogP contribution in [0.3, 0.4) is 0 Å². The third kappa shape index (κ3) is 5.61. The molecular weight excluding hydrogens is 291 g/mol. The number of nitrogens with zero attached hydrogens (tertiary/aromatic N) is 1. The minimum atomic E-state index is -0.241. The molecule has 0 radical (unpaired) electrons. The van der Waals surface area contributed by atoms with Crippen molar-refractivity contribution in [1.82, 2.24) is 10.2 Å². The molecule has 0 bridgehead atoms. The molecule has 1 aliphatic rings. The van der Waals surface area contributed by atoms with Crippen molar-refractivity contribution in [3.8, 4) is 0 Å². The van der Waals surface area contributed by atoms with Gasteiger partial charge in [-0.3, -0.25) is 9.69 Å². The molecule has 128 valence electrons. The molecule has 1 amide bonds. The van der Waals surface area contributed by atoms with Gasteiger partial charge in [0, 0.05) is 19.0 Å². The van der Waals surface area contributed by atoms with Gasteiger partial charge in [-0.25, -0.2) is 4.39 Å². The van der Waals surface area contributed by atoms with E-state index in [9.17, 15) is 9.18 Å². The molecule has 1 aliphatic heterocycles. The van der Waals surface area contributed by atoms with Crippen molar-refractivity contribution >= 4 is 5.91 Å². The van der Waals surface area contributed by atoms with Crippen LogP contribution in [0.15, 0.2) is 24.3 Å². The molecule has 0 spiro atoms. The van der Waals surface area contributed by atoms with Crippen LogP contribution in [0.5, 0.6) is 0 Å². The van der Waals surface area contributed by atoms with Crippen LogP contribution in [0, 0.1) is 11.7 Å². The fraction of sp³-hybridized carbons (Fsp3) is 0.632. The lowest BCUT2D eigenvalue weighted by Crippen LogP contribution is -2.45. The number of piperidine rings is 1. The van der Waals surface area contributed by atoms with Gasteiger partial charge in [0.05, 0.1) is 0 Å². The summed E-state index contributed by atoms with van der Waals surface area (Å²) in [6.45, 7) is 9.44. The summed E-state index contributed by atoms with van der Waals surface area (Å²) < 4.78 is 12.9. The summed E-state index contributed by atoms with van der Waals surface area (Å²) in [6, 6.07) is 6.79. The predicted octanol–water partition coefficient (Wildman–Crippen LogP) is 3.56. The first-order valence-corrected chi connectivity index (χ1v) is 8.72. The molecule has 1 aromatic carbocycles. The normalized spacial score (nSPS) is 19.3. The molecule has 4 heteroatoms. The molecule has 2 atom stereocenters. The first-order chi connectivity index (χ1) is 11.0. The SMILES string of the molecule is CC1CCN(C(C)CNC(=O)CC(C)c2ccc(F)cc2)CC1. The maximum Gasteiger partial charge on any atom is 0.220 e. The first kappa shape index (κ1) is 17.9. The zero-order valence-corrected chi connectivity index (χ0v) is 14.5. The molecule has 2 unspecified atom stereocenters. The van der Waals surface area contributed by atoms with Gasteiger partial charge in [-0.1, -0.05) is 26.0 Å². The summed E-state index contributed by atoms with van der Waals surface area (Å²) in [4.78, 5) is 14.6. The first-order valence-electron chi connectivity index (χ1n) is 8.72. The highest BCUT2D eigenvalue weighted by Crippen LogP contribution is 2.20. The highest BCUT2D eigenvalue weighted by atomic mass is 19.1. The van der Waals surface area contributed by atoms with Gasteiger partial charge in [0.25, 0.3) is 0 Å². The van der Waals surface area contributed by atoms with Crippen molar-refractivity contribution in [3.63, 3.8) is 0 Å². The van der Waals surface area contributed by atoms with Gasteiger partial charge in [-0.2, -0.15) is 0 Å². The van der Waals surface area contributed by atoms with E-state index in [-0.39, 0.29) is 17.6 Å². The van der Waals surface area contributed by atoms with Gasteiger partial charge in [0.2, 0.25) is 5.91 Å². The van der Waals surface area contributed by atoms with Gasteiger partial charge in [0.1, 0.15) is 5.82 Å². The Balaban J connectivity index is 1.73. The number of carbonyl (C=O) groups is 1. The molecule has 23 heavy (non-hydrogen) atoms. The quantitative estimate of drug-likeness (QED) is 0.869. The molecule has 0 aliphatic carbocycles. The third-order valence-electron chi connectivity index (χ3n) is 4.97. The molecule has 0 aromatic heterocycles. The van der Waals surface area contributed by atoms with Crippen LogP contribution in [-0.2, 0) is 4.79 Å². The topological polar surface area (TPSA) is 32.3 Å². The maximum atomic E-state index is 12.9. The number of likely N-dealkylation sites (tertiary alicyclic amines) is 1. The smallest absolute Gasteiger partial charge is 0.220 e. The number of benzene rings is 1. The van der Waals surface area contributed by atoms with Gasteiger partial charge in [0.15, 0.2) is 0 Å². The van der Waals surface area contributed by atoms with Crippen LogP contribution in [0.2, 0.25) is 0 Å². The summed E-state index contributed by atoms with van der Waals surface area (Å²) in [5.41, 5.74) is 1.000. The molecular formula is C19H29FN2O. The van der Waals surface area contributed by atoms with E-state index >= 15 is 0 Å². The van der Waals surface area contributed by atoms with Crippen LogP contribution in [0.25, 0.3) is 0 Å². The van der Waals surface area contributed by atoms with Gasteiger partial charge < -0.3 is 5.32 Å². The largest absolute Gasteiger partial charge is 0.355 e. The predicted molar refractivity (Wildman–Crippen MR) is 91.9 cm³/mol. The highest BCUT2D eigenvalue weighted by molar-refractivity contribution is 5.76. The van der Waals surface area contributed by atoms with Gasteiger partial charge in [-0.05, 0) is 62.4 Å². The number of carbonyl (C=O) groups excluding carboxylic acids is 1. The number of halogens is 1. The number of hydrogen-bond donors (Lipinski definition) is 1. The molecule has 1 fully saturated rings. The second kappa shape index (κ2) is 8.44. The van der Waals surface area contributed by atoms with Gasteiger partial charge >= 0.3 is 0 Å². The summed E-state index contributed by atoms with van der Waals surface area (Å²) in [5, 5.41) is 3.05. The number of nitrogens with one attached hydrogen (secondary N) is 1. The Morgan fingerprint density at radius 2 is 1.87 bits per heavy atom. The maximum absolute atomic E-state index is 12.9.